The fourth-order valence-corrected chi connectivity index (χ4v) is 8.81. The second-order valence-electron chi connectivity index (χ2n) is 16.4. The fraction of sp³-hybridized carbons (Fsp3) is 0.658. The first kappa shape index (κ1) is 37.0. The maximum Gasteiger partial charge on any atom is 0.348 e. The van der Waals surface area contributed by atoms with Gasteiger partial charge in [-0.25, -0.2) is 9.59 Å². The van der Waals surface area contributed by atoms with Crippen LogP contribution in [-0.2, 0) is 59.0 Å². The molecule has 0 spiro atoms. The summed E-state index contributed by atoms with van der Waals surface area (Å²) in [7, 11) is 0. The molecule has 292 valence electrons. The van der Waals surface area contributed by atoms with Crippen molar-refractivity contribution in [2.45, 2.75) is 114 Å². The highest BCUT2D eigenvalue weighted by Crippen LogP contribution is 2.63. The molecule has 2 bridgehead atoms. The standard InChI is InChI=1S/C38H47N3O13/c1-19(43)26(32(45)39-14-15-42)40-35(48)37-16-24-27-28(53-38(52-27,22-9-10-22)23-11-12-23)30(37)54-41(29(37)33(46)50-24)17-21-6-4-20(5-7-21)8-13-25(44)51-31-34(47)49-18-36(31,2)3/h4-8,13,19,22-24,26-31,42-43H,9-12,14-18H2,1-3H3,(H,39,45)(H,40,48). The van der Waals surface area contributed by atoms with E-state index in [4.69, 9.17) is 28.5 Å². The van der Waals surface area contributed by atoms with Gasteiger partial charge in [0, 0.05) is 36.3 Å². The minimum atomic E-state index is -1.57. The van der Waals surface area contributed by atoms with Crippen LogP contribution >= 0.6 is 0 Å². The number of cyclic esters (lactones) is 1. The first-order valence-corrected chi connectivity index (χ1v) is 18.8. The van der Waals surface area contributed by atoms with E-state index >= 15 is 0 Å². The van der Waals surface area contributed by atoms with Crippen molar-refractivity contribution in [3.63, 3.8) is 0 Å². The monoisotopic (exact) mass is 753 g/mol. The minimum absolute atomic E-state index is 0.0483. The molecular weight excluding hydrogens is 706 g/mol. The topological polar surface area (TPSA) is 208 Å². The van der Waals surface area contributed by atoms with Gasteiger partial charge in [0.1, 0.15) is 42.5 Å². The Morgan fingerprint density at radius 1 is 1.04 bits per heavy atom. The molecule has 4 N–H and O–H groups in total. The van der Waals surface area contributed by atoms with E-state index in [2.05, 4.69) is 10.6 Å². The van der Waals surface area contributed by atoms with Crippen LogP contribution in [0.3, 0.4) is 0 Å². The van der Waals surface area contributed by atoms with Gasteiger partial charge in [-0.2, -0.15) is 5.06 Å². The predicted octanol–water partition coefficient (Wildman–Crippen LogP) is 0.269. The number of hydroxylamine groups is 2. The van der Waals surface area contributed by atoms with Gasteiger partial charge in [0.2, 0.25) is 17.9 Å². The lowest BCUT2D eigenvalue weighted by Crippen LogP contribution is -2.71. The van der Waals surface area contributed by atoms with Crippen molar-refractivity contribution in [3.8, 4) is 0 Å². The van der Waals surface area contributed by atoms with E-state index in [9.17, 15) is 34.2 Å². The number of aliphatic hydroxyl groups excluding tert-OH is 2. The average molecular weight is 754 g/mol. The molecule has 1 aromatic carbocycles. The molecule has 2 amide bonds. The molecule has 3 saturated carbocycles. The summed E-state index contributed by atoms with van der Waals surface area (Å²) in [5.41, 5.74) is -0.826. The van der Waals surface area contributed by atoms with Crippen LogP contribution < -0.4 is 10.6 Å². The smallest absolute Gasteiger partial charge is 0.348 e. The molecule has 8 rings (SSSR count). The van der Waals surface area contributed by atoms with Crippen LogP contribution in [0.1, 0.15) is 64.0 Å². The summed E-state index contributed by atoms with van der Waals surface area (Å²) in [6.07, 6.45) is 1.13. The molecule has 0 aromatic heterocycles. The molecule has 7 aliphatic rings. The Bertz CT molecular complexity index is 1710. The van der Waals surface area contributed by atoms with Crippen molar-refractivity contribution in [1.82, 2.24) is 15.7 Å². The summed E-state index contributed by atoms with van der Waals surface area (Å²) in [5.74, 6) is -3.74. The Morgan fingerprint density at radius 2 is 1.72 bits per heavy atom. The number of hydrogen-bond acceptors (Lipinski definition) is 14. The van der Waals surface area contributed by atoms with Crippen molar-refractivity contribution in [2.75, 3.05) is 19.8 Å². The second-order valence-corrected chi connectivity index (χ2v) is 16.4. The van der Waals surface area contributed by atoms with Crippen molar-refractivity contribution in [1.29, 1.82) is 0 Å². The fourth-order valence-electron chi connectivity index (χ4n) is 8.81. The van der Waals surface area contributed by atoms with Gasteiger partial charge in [-0.1, -0.05) is 38.1 Å². The Labute approximate surface area is 311 Å². The molecule has 4 heterocycles. The van der Waals surface area contributed by atoms with Crippen LogP contribution in [0.2, 0.25) is 0 Å². The molecule has 4 aliphatic heterocycles. The maximum atomic E-state index is 14.7. The highest BCUT2D eigenvalue weighted by molar-refractivity contribution is 5.96. The number of esters is 3. The molecule has 54 heavy (non-hydrogen) atoms. The van der Waals surface area contributed by atoms with Gasteiger partial charge in [-0.15, -0.1) is 0 Å². The number of hydrogen-bond donors (Lipinski definition) is 4. The number of carbonyl (C=O) groups excluding carboxylic acids is 5. The second kappa shape index (κ2) is 13.7. The van der Waals surface area contributed by atoms with Crippen molar-refractivity contribution >= 4 is 35.8 Å². The van der Waals surface area contributed by atoms with Gasteiger partial charge in [0.05, 0.1) is 19.3 Å². The lowest BCUT2D eigenvalue weighted by Gasteiger charge is -2.49. The lowest BCUT2D eigenvalue weighted by atomic mass is 9.62. The van der Waals surface area contributed by atoms with Gasteiger partial charge in [-0.3, -0.25) is 19.2 Å². The van der Waals surface area contributed by atoms with E-state index in [1.54, 1.807) is 44.2 Å². The summed E-state index contributed by atoms with van der Waals surface area (Å²) in [5, 5.41) is 26.5. The largest absolute Gasteiger partial charge is 0.462 e. The number of nitrogens with zero attached hydrogens (tertiary/aromatic N) is 1. The zero-order valence-electron chi connectivity index (χ0n) is 30.4. The van der Waals surface area contributed by atoms with E-state index < -0.39 is 95.0 Å². The number of rotatable bonds is 13. The molecular formula is C38H47N3O13. The van der Waals surface area contributed by atoms with Crippen LogP contribution in [0.5, 0.6) is 0 Å². The molecule has 3 aliphatic carbocycles. The summed E-state index contributed by atoms with van der Waals surface area (Å²) in [4.78, 5) is 72.9. The van der Waals surface area contributed by atoms with Gasteiger partial charge in [-0.05, 0) is 49.8 Å². The summed E-state index contributed by atoms with van der Waals surface area (Å²) in [6.45, 7) is 4.75. The quantitative estimate of drug-likeness (QED) is 0.121. The van der Waals surface area contributed by atoms with Gasteiger partial charge in [0.25, 0.3) is 0 Å². The number of nitrogens with one attached hydrogen (secondary N) is 2. The van der Waals surface area contributed by atoms with Crippen molar-refractivity contribution in [3.05, 3.63) is 41.5 Å². The first-order valence-electron chi connectivity index (χ1n) is 18.8. The minimum Gasteiger partial charge on any atom is -0.462 e. The van der Waals surface area contributed by atoms with E-state index in [0.717, 1.165) is 25.7 Å². The predicted molar refractivity (Wildman–Crippen MR) is 183 cm³/mol. The van der Waals surface area contributed by atoms with Gasteiger partial charge < -0.3 is 44.5 Å². The Kier molecular flexibility index (Phi) is 9.37. The average Bonchev–Trinajstić information content (AvgIpc) is 4.08. The third kappa shape index (κ3) is 6.30. The Hall–Kier alpha value is -3.93. The SMILES string of the molecule is CC(O)C(NC(=O)C12CC3OC(=O)C1N(Cc1ccc(C=CC(=O)OC4C(=O)OCC4(C)C)cc1)OC2C1OC(C2CC2)(C2CC2)OC31)C(=O)NCCO. The van der Waals surface area contributed by atoms with E-state index in [-0.39, 0.29) is 44.6 Å². The molecule has 0 radical (unpaired) electrons. The highest BCUT2D eigenvalue weighted by Gasteiger charge is 2.78. The number of ether oxygens (including phenoxy) is 5. The Balaban J connectivity index is 1.05. The normalized spacial score (nSPS) is 34.5. The molecule has 7 fully saturated rings. The first-order chi connectivity index (χ1) is 25.8. The summed E-state index contributed by atoms with van der Waals surface area (Å²) in [6, 6.07) is 4.49. The van der Waals surface area contributed by atoms with Crippen LogP contribution in [0, 0.1) is 22.7 Å². The third-order valence-corrected chi connectivity index (χ3v) is 11.8. The van der Waals surface area contributed by atoms with E-state index in [1.807, 2.05) is 0 Å². The molecule has 9 unspecified atom stereocenters. The van der Waals surface area contributed by atoms with Crippen LogP contribution in [0.4, 0.5) is 0 Å². The van der Waals surface area contributed by atoms with Crippen LogP contribution in [0.15, 0.2) is 30.3 Å². The number of benzene rings is 1. The Morgan fingerprint density at radius 3 is 2.33 bits per heavy atom. The molecule has 16 nitrogen and oxygen atoms in total. The molecule has 1 aromatic rings. The number of aliphatic hydroxyl groups is 2. The van der Waals surface area contributed by atoms with Gasteiger partial charge >= 0.3 is 17.9 Å². The van der Waals surface area contributed by atoms with E-state index in [0.29, 0.717) is 11.1 Å². The molecule has 16 heteroatoms. The maximum absolute atomic E-state index is 14.7. The van der Waals surface area contributed by atoms with Crippen LogP contribution in [0.25, 0.3) is 6.08 Å². The van der Waals surface area contributed by atoms with E-state index in [1.165, 1.54) is 18.1 Å². The highest BCUT2D eigenvalue weighted by atomic mass is 16.8. The number of amides is 2. The zero-order valence-corrected chi connectivity index (χ0v) is 30.4. The van der Waals surface area contributed by atoms with Crippen molar-refractivity contribution < 1.29 is 62.7 Å². The molecule has 9 atom stereocenters. The lowest BCUT2D eigenvalue weighted by molar-refractivity contribution is -0.235. The van der Waals surface area contributed by atoms with Crippen LogP contribution in [-0.4, -0.2) is 119 Å². The van der Waals surface area contributed by atoms with Gasteiger partial charge in [0.15, 0.2) is 11.8 Å². The number of carbonyl (C=O) groups is 5. The van der Waals surface area contributed by atoms with Crippen molar-refractivity contribution in [2.24, 2.45) is 22.7 Å². The third-order valence-electron chi connectivity index (χ3n) is 11.8. The molecule has 4 saturated heterocycles. The number of fused-ring (bicyclic) bond motifs is 4. The summed E-state index contributed by atoms with van der Waals surface area (Å²) < 4.78 is 30.1. The summed E-state index contributed by atoms with van der Waals surface area (Å²) >= 11 is 0. The zero-order chi connectivity index (χ0) is 38.2.